The molecule has 4 N–H and O–H groups in total. The van der Waals surface area contributed by atoms with Crippen molar-refractivity contribution >= 4 is 11.8 Å². The van der Waals surface area contributed by atoms with Gasteiger partial charge in [-0.15, -0.1) is 0 Å². The van der Waals surface area contributed by atoms with Gasteiger partial charge in [0.1, 0.15) is 0 Å². The van der Waals surface area contributed by atoms with E-state index in [1.165, 1.54) is 0 Å². The molecule has 0 fully saturated rings. The molecule has 5 nitrogen and oxygen atoms in total. The van der Waals surface area contributed by atoms with Crippen LogP contribution < -0.4 is 11.1 Å². The van der Waals surface area contributed by atoms with E-state index >= 15 is 0 Å². The normalized spacial score (nSPS) is 12.1. The lowest BCUT2D eigenvalue weighted by molar-refractivity contribution is 0.191. The van der Waals surface area contributed by atoms with E-state index in [1.807, 2.05) is 18.2 Å². The van der Waals surface area contributed by atoms with E-state index in [9.17, 15) is 9.50 Å². The molecule has 94 valence electrons. The molecule has 1 aromatic heterocycles. The summed E-state index contributed by atoms with van der Waals surface area (Å²) in [6, 6.07) is 9.08. The minimum absolute atomic E-state index is 0.0162. The Labute approximate surface area is 104 Å². The Hall–Kier alpha value is -2.21. The minimum atomic E-state index is -0.748. The SMILES string of the molecule is Nc1ncc(F)c(NCC(O)c2ccccc2)n1. The predicted octanol–water partition coefficient (Wildman–Crippen LogP) is 1.34. The van der Waals surface area contributed by atoms with E-state index in [-0.39, 0.29) is 18.3 Å². The maximum absolute atomic E-state index is 13.3. The van der Waals surface area contributed by atoms with Crippen molar-refractivity contribution in [3.8, 4) is 0 Å². The summed E-state index contributed by atoms with van der Waals surface area (Å²) in [5.41, 5.74) is 6.10. The first-order chi connectivity index (χ1) is 8.66. The Kier molecular flexibility index (Phi) is 3.69. The highest BCUT2D eigenvalue weighted by Gasteiger charge is 2.09. The highest BCUT2D eigenvalue weighted by atomic mass is 19.1. The van der Waals surface area contributed by atoms with E-state index in [4.69, 9.17) is 5.73 Å². The largest absolute Gasteiger partial charge is 0.387 e. The van der Waals surface area contributed by atoms with Crippen LogP contribution in [0.1, 0.15) is 11.7 Å². The lowest BCUT2D eigenvalue weighted by atomic mass is 10.1. The van der Waals surface area contributed by atoms with Gasteiger partial charge in [-0.3, -0.25) is 0 Å². The van der Waals surface area contributed by atoms with Crippen molar-refractivity contribution in [3.63, 3.8) is 0 Å². The van der Waals surface area contributed by atoms with Crippen molar-refractivity contribution < 1.29 is 9.50 Å². The summed E-state index contributed by atoms with van der Waals surface area (Å²) in [5, 5.41) is 12.6. The van der Waals surface area contributed by atoms with E-state index in [0.29, 0.717) is 0 Å². The average Bonchev–Trinajstić information content (AvgIpc) is 2.40. The van der Waals surface area contributed by atoms with Gasteiger partial charge >= 0.3 is 0 Å². The summed E-state index contributed by atoms with van der Waals surface area (Å²) in [4.78, 5) is 7.22. The molecule has 0 spiro atoms. The molecule has 0 bridgehead atoms. The number of nitrogens with zero attached hydrogens (tertiary/aromatic N) is 2. The number of aromatic nitrogens is 2. The number of anilines is 2. The molecule has 1 unspecified atom stereocenters. The number of nitrogens with one attached hydrogen (secondary N) is 1. The fraction of sp³-hybridized carbons (Fsp3) is 0.167. The number of hydrogen-bond acceptors (Lipinski definition) is 5. The molecular weight excluding hydrogens is 235 g/mol. The monoisotopic (exact) mass is 248 g/mol. The van der Waals surface area contributed by atoms with Crippen molar-refractivity contribution in [1.82, 2.24) is 9.97 Å². The van der Waals surface area contributed by atoms with Gasteiger partial charge in [0.15, 0.2) is 11.6 Å². The van der Waals surface area contributed by atoms with Crippen LogP contribution in [0.2, 0.25) is 0 Å². The average molecular weight is 248 g/mol. The molecule has 0 aliphatic rings. The van der Waals surface area contributed by atoms with Gasteiger partial charge in [-0.05, 0) is 5.56 Å². The molecule has 0 amide bonds. The standard InChI is InChI=1S/C12H13FN4O/c13-9-6-16-12(14)17-11(9)15-7-10(18)8-4-2-1-3-5-8/h1-6,10,18H,7H2,(H3,14,15,16,17). The second-order valence-electron chi connectivity index (χ2n) is 3.73. The van der Waals surface area contributed by atoms with Gasteiger partial charge < -0.3 is 16.2 Å². The van der Waals surface area contributed by atoms with Crippen molar-refractivity contribution in [1.29, 1.82) is 0 Å². The Balaban J connectivity index is 2.01. The summed E-state index contributed by atoms with van der Waals surface area (Å²) < 4.78 is 13.3. The molecule has 0 saturated heterocycles. The van der Waals surface area contributed by atoms with Crippen LogP contribution in [0.4, 0.5) is 16.2 Å². The van der Waals surface area contributed by atoms with Crippen LogP contribution in [0.5, 0.6) is 0 Å². The zero-order valence-electron chi connectivity index (χ0n) is 9.55. The van der Waals surface area contributed by atoms with Gasteiger partial charge in [-0.25, -0.2) is 9.37 Å². The number of nitrogen functional groups attached to an aromatic ring is 1. The number of aliphatic hydroxyl groups is 1. The number of benzene rings is 1. The first-order valence-electron chi connectivity index (χ1n) is 5.41. The molecular formula is C12H13FN4O. The van der Waals surface area contributed by atoms with Crippen molar-refractivity contribution in [2.75, 3.05) is 17.6 Å². The molecule has 0 aliphatic carbocycles. The fourth-order valence-corrected chi connectivity index (χ4v) is 1.49. The topological polar surface area (TPSA) is 84.1 Å². The number of hydrogen-bond donors (Lipinski definition) is 3. The third-order valence-electron chi connectivity index (χ3n) is 2.41. The van der Waals surface area contributed by atoms with Gasteiger partial charge in [-0.2, -0.15) is 4.98 Å². The van der Waals surface area contributed by atoms with Crippen LogP contribution in [-0.2, 0) is 0 Å². The van der Waals surface area contributed by atoms with Crippen LogP contribution in [0, 0.1) is 5.82 Å². The number of aliphatic hydroxyl groups excluding tert-OH is 1. The fourth-order valence-electron chi connectivity index (χ4n) is 1.49. The van der Waals surface area contributed by atoms with Crippen LogP contribution in [0.3, 0.4) is 0 Å². The molecule has 2 rings (SSSR count). The second-order valence-corrected chi connectivity index (χ2v) is 3.73. The summed E-state index contributed by atoms with van der Waals surface area (Å²) in [5.74, 6) is -0.643. The van der Waals surface area contributed by atoms with Gasteiger partial charge in [0, 0.05) is 6.54 Å². The van der Waals surface area contributed by atoms with E-state index in [2.05, 4.69) is 15.3 Å². The summed E-state index contributed by atoms with van der Waals surface area (Å²) in [6.45, 7) is 0.136. The third kappa shape index (κ3) is 2.92. The second kappa shape index (κ2) is 5.42. The van der Waals surface area contributed by atoms with Crippen molar-refractivity contribution in [3.05, 3.63) is 47.9 Å². The van der Waals surface area contributed by atoms with E-state index in [0.717, 1.165) is 11.8 Å². The summed E-state index contributed by atoms with van der Waals surface area (Å²) >= 11 is 0. The first kappa shape index (κ1) is 12.3. The summed E-state index contributed by atoms with van der Waals surface area (Å²) in [6.07, 6.45) is 0.237. The lowest BCUT2D eigenvalue weighted by Crippen LogP contribution is -2.14. The Bertz CT molecular complexity index is 521. The Morgan fingerprint density at radius 3 is 2.78 bits per heavy atom. The molecule has 18 heavy (non-hydrogen) atoms. The van der Waals surface area contributed by atoms with Crippen LogP contribution >= 0.6 is 0 Å². The van der Waals surface area contributed by atoms with Crippen molar-refractivity contribution in [2.45, 2.75) is 6.10 Å². The highest BCUT2D eigenvalue weighted by molar-refractivity contribution is 5.39. The van der Waals surface area contributed by atoms with Gasteiger partial charge in [0.05, 0.1) is 12.3 Å². The first-order valence-corrected chi connectivity index (χ1v) is 5.41. The van der Waals surface area contributed by atoms with Gasteiger partial charge in [0.2, 0.25) is 5.95 Å². The lowest BCUT2D eigenvalue weighted by Gasteiger charge is -2.12. The molecule has 1 aromatic carbocycles. The Morgan fingerprint density at radius 1 is 1.33 bits per heavy atom. The van der Waals surface area contributed by atoms with Crippen LogP contribution in [0.25, 0.3) is 0 Å². The Morgan fingerprint density at radius 2 is 2.06 bits per heavy atom. The van der Waals surface area contributed by atoms with Crippen LogP contribution in [-0.4, -0.2) is 21.6 Å². The smallest absolute Gasteiger partial charge is 0.222 e. The van der Waals surface area contributed by atoms with Gasteiger partial charge in [-0.1, -0.05) is 30.3 Å². The third-order valence-corrected chi connectivity index (χ3v) is 2.41. The molecule has 1 atom stereocenters. The number of rotatable bonds is 4. The predicted molar refractivity (Wildman–Crippen MR) is 66.3 cm³/mol. The molecule has 6 heteroatoms. The van der Waals surface area contributed by atoms with E-state index in [1.54, 1.807) is 12.1 Å². The minimum Gasteiger partial charge on any atom is -0.387 e. The van der Waals surface area contributed by atoms with Crippen molar-refractivity contribution in [2.24, 2.45) is 0 Å². The molecule has 0 aliphatic heterocycles. The highest BCUT2D eigenvalue weighted by Crippen LogP contribution is 2.15. The maximum Gasteiger partial charge on any atom is 0.222 e. The molecule has 2 aromatic rings. The summed E-state index contributed by atoms with van der Waals surface area (Å²) in [7, 11) is 0. The van der Waals surface area contributed by atoms with Crippen LogP contribution in [0.15, 0.2) is 36.5 Å². The molecule has 1 heterocycles. The zero-order valence-corrected chi connectivity index (χ0v) is 9.55. The quantitative estimate of drug-likeness (QED) is 0.760. The molecule has 0 saturated carbocycles. The van der Waals surface area contributed by atoms with E-state index < -0.39 is 11.9 Å². The number of nitrogens with two attached hydrogens (primary N) is 1. The molecule has 0 radical (unpaired) electrons. The maximum atomic E-state index is 13.3. The zero-order chi connectivity index (χ0) is 13.0. The number of halogens is 1. The van der Waals surface area contributed by atoms with Gasteiger partial charge in [0.25, 0.3) is 0 Å².